The molecule has 1 heterocycles. The summed E-state index contributed by atoms with van der Waals surface area (Å²) in [7, 11) is 1.58. The van der Waals surface area contributed by atoms with Crippen LogP contribution in [0.15, 0.2) is 34.2 Å². The third-order valence-corrected chi connectivity index (χ3v) is 3.76. The van der Waals surface area contributed by atoms with Crippen molar-refractivity contribution in [3.8, 4) is 5.75 Å². The van der Waals surface area contributed by atoms with Crippen LogP contribution in [0.5, 0.6) is 5.75 Å². The Balaban J connectivity index is 2.02. The Labute approximate surface area is 120 Å². The Kier molecular flexibility index (Phi) is 4.62. The van der Waals surface area contributed by atoms with Gasteiger partial charge in [0.25, 0.3) is 0 Å². The number of hydrogen-bond acceptors (Lipinski definition) is 5. The van der Waals surface area contributed by atoms with Gasteiger partial charge in [-0.25, -0.2) is 9.89 Å². The van der Waals surface area contributed by atoms with E-state index in [1.807, 2.05) is 6.92 Å². The first-order chi connectivity index (χ1) is 9.65. The van der Waals surface area contributed by atoms with Gasteiger partial charge < -0.3 is 4.74 Å². The van der Waals surface area contributed by atoms with Crippen LogP contribution in [0.3, 0.4) is 0 Å². The van der Waals surface area contributed by atoms with Crippen molar-refractivity contribution in [1.82, 2.24) is 14.8 Å². The van der Waals surface area contributed by atoms with Gasteiger partial charge in [0, 0.05) is 12.1 Å². The summed E-state index contributed by atoms with van der Waals surface area (Å²) in [4.78, 5) is 23.4. The van der Waals surface area contributed by atoms with Gasteiger partial charge >= 0.3 is 5.69 Å². The largest absolute Gasteiger partial charge is 0.497 e. The Morgan fingerprint density at radius 2 is 2.10 bits per heavy atom. The lowest BCUT2D eigenvalue weighted by Crippen LogP contribution is -2.16. The summed E-state index contributed by atoms with van der Waals surface area (Å²) in [5.41, 5.74) is 0.353. The molecular formula is C13H15N3O3S. The van der Waals surface area contributed by atoms with E-state index in [4.69, 9.17) is 4.74 Å². The zero-order valence-electron chi connectivity index (χ0n) is 11.3. The molecule has 0 spiro atoms. The fraction of sp³-hybridized carbons (Fsp3) is 0.308. The van der Waals surface area contributed by atoms with E-state index in [0.717, 1.165) is 0 Å². The fourth-order valence-corrected chi connectivity index (χ4v) is 2.59. The van der Waals surface area contributed by atoms with Gasteiger partial charge in [-0.05, 0) is 31.2 Å². The lowest BCUT2D eigenvalue weighted by atomic mass is 10.1. The Bertz CT molecular complexity index is 646. The summed E-state index contributed by atoms with van der Waals surface area (Å²) in [6.07, 6.45) is 0. The smallest absolute Gasteiger partial charge is 0.343 e. The fourth-order valence-electron chi connectivity index (χ4n) is 1.68. The summed E-state index contributed by atoms with van der Waals surface area (Å²) < 4.78 is 6.53. The minimum absolute atomic E-state index is 0.0178. The number of rotatable bonds is 6. The molecule has 1 N–H and O–H groups in total. The van der Waals surface area contributed by atoms with Crippen LogP contribution < -0.4 is 10.4 Å². The molecule has 0 bridgehead atoms. The highest BCUT2D eigenvalue weighted by atomic mass is 32.2. The van der Waals surface area contributed by atoms with E-state index in [-0.39, 0.29) is 17.2 Å². The number of carbonyl (C=O) groups is 1. The zero-order valence-corrected chi connectivity index (χ0v) is 12.1. The SMILES string of the molecule is CCn1c(SCC(=O)c2ccc(OC)cc2)n[nH]c1=O. The molecule has 0 unspecified atom stereocenters. The molecule has 0 fully saturated rings. The predicted molar refractivity (Wildman–Crippen MR) is 76.6 cm³/mol. The first kappa shape index (κ1) is 14.4. The van der Waals surface area contributed by atoms with Gasteiger partial charge in [0.15, 0.2) is 10.9 Å². The molecule has 0 atom stereocenters. The molecule has 6 nitrogen and oxygen atoms in total. The van der Waals surface area contributed by atoms with Crippen LogP contribution in [0.4, 0.5) is 0 Å². The summed E-state index contributed by atoms with van der Waals surface area (Å²) in [5.74, 6) is 0.925. The van der Waals surface area contributed by atoms with Gasteiger partial charge in [-0.1, -0.05) is 11.8 Å². The van der Waals surface area contributed by atoms with E-state index in [9.17, 15) is 9.59 Å². The lowest BCUT2D eigenvalue weighted by Gasteiger charge is -2.03. The molecule has 0 saturated carbocycles. The van der Waals surface area contributed by atoms with E-state index in [2.05, 4.69) is 10.2 Å². The number of methoxy groups -OCH3 is 1. The highest BCUT2D eigenvalue weighted by molar-refractivity contribution is 7.99. The highest BCUT2D eigenvalue weighted by Crippen LogP contribution is 2.17. The third-order valence-electron chi connectivity index (χ3n) is 2.78. The molecule has 20 heavy (non-hydrogen) atoms. The minimum atomic E-state index is -0.258. The number of hydrogen-bond donors (Lipinski definition) is 1. The number of aromatic amines is 1. The van der Waals surface area contributed by atoms with Crippen LogP contribution >= 0.6 is 11.8 Å². The standard InChI is InChI=1S/C13H15N3O3S/c1-3-16-12(18)14-15-13(16)20-8-11(17)9-4-6-10(19-2)7-5-9/h4-7H,3,8H2,1-2H3,(H,14,18). The molecule has 0 aliphatic rings. The monoisotopic (exact) mass is 293 g/mol. The topological polar surface area (TPSA) is 77.0 Å². The van der Waals surface area contributed by atoms with Crippen LogP contribution in [0.25, 0.3) is 0 Å². The number of ether oxygens (including phenoxy) is 1. The van der Waals surface area contributed by atoms with Crippen molar-refractivity contribution < 1.29 is 9.53 Å². The number of thioether (sulfide) groups is 1. The molecule has 106 valence electrons. The number of aromatic nitrogens is 3. The van der Waals surface area contributed by atoms with Crippen molar-refractivity contribution >= 4 is 17.5 Å². The number of nitrogens with one attached hydrogen (secondary N) is 1. The van der Waals surface area contributed by atoms with E-state index in [1.165, 1.54) is 16.3 Å². The van der Waals surface area contributed by atoms with Gasteiger partial charge in [-0.2, -0.15) is 0 Å². The number of H-pyrrole nitrogens is 1. The molecule has 2 rings (SSSR count). The quantitative estimate of drug-likeness (QED) is 0.646. The van der Waals surface area contributed by atoms with E-state index < -0.39 is 0 Å². The molecule has 7 heteroatoms. The number of nitrogens with zero attached hydrogens (tertiary/aromatic N) is 2. The second kappa shape index (κ2) is 6.42. The third kappa shape index (κ3) is 3.11. The molecular weight excluding hydrogens is 278 g/mol. The van der Waals surface area contributed by atoms with Gasteiger partial charge in [-0.3, -0.25) is 9.36 Å². The Hall–Kier alpha value is -2.02. The van der Waals surface area contributed by atoms with Gasteiger partial charge in [0.05, 0.1) is 12.9 Å². The Morgan fingerprint density at radius 1 is 1.40 bits per heavy atom. The minimum Gasteiger partial charge on any atom is -0.497 e. The highest BCUT2D eigenvalue weighted by Gasteiger charge is 2.11. The lowest BCUT2D eigenvalue weighted by molar-refractivity contribution is 0.102. The van der Waals surface area contributed by atoms with Crippen molar-refractivity contribution in [3.63, 3.8) is 0 Å². The summed E-state index contributed by atoms with van der Waals surface area (Å²) >= 11 is 1.25. The first-order valence-corrected chi connectivity index (χ1v) is 7.09. The molecule has 0 amide bonds. The maximum atomic E-state index is 12.0. The summed E-state index contributed by atoms with van der Waals surface area (Å²) in [5, 5.41) is 6.80. The maximum absolute atomic E-state index is 12.0. The van der Waals surface area contributed by atoms with E-state index >= 15 is 0 Å². The first-order valence-electron chi connectivity index (χ1n) is 6.11. The van der Waals surface area contributed by atoms with Crippen molar-refractivity contribution in [3.05, 3.63) is 40.3 Å². The number of benzene rings is 1. The van der Waals surface area contributed by atoms with Crippen LogP contribution in [-0.4, -0.2) is 33.4 Å². The van der Waals surface area contributed by atoms with Crippen molar-refractivity contribution in [2.75, 3.05) is 12.9 Å². The Morgan fingerprint density at radius 3 is 2.70 bits per heavy atom. The van der Waals surface area contributed by atoms with Crippen molar-refractivity contribution in [2.24, 2.45) is 0 Å². The number of ketones is 1. The summed E-state index contributed by atoms with van der Waals surface area (Å²) in [6, 6.07) is 6.93. The van der Waals surface area contributed by atoms with E-state index in [0.29, 0.717) is 23.0 Å². The molecule has 0 aliphatic carbocycles. The molecule has 1 aromatic heterocycles. The molecule has 0 radical (unpaired) electrons. The second-order valence-corrected chi connectivity index (χ2v) is 4.94. The summed E-state index contributed by atoms with van der Waals surface area (Å²) in [6.45, 7) is 2.38. The second-order valence-electron chi connectivity index (χ2n) is 4.00. The van der Waals surface area contributed by atoms with Crippen LogP contribution in [0.1, 0.15) is 17.3 Å². The zero-order chi connectivity index (χ0) is 14.5. The molecule has 0 aliphatic heterocycles. The molecule has 2 aromatic rings. The van der Waals surface area contributed by atoms with E-state index in [1.54, 1.807) is 31.4 Å². The van der Waals surface area contributed by atoms with Crippen LogP contribution in [-0.2, 0) is 6.54 Å². The normalized spacial score (nSPS) is 10.5. The average molecular weight is 293 g/mol. The van der Waals surface area contributed by atoms with Gasteiger partial charge in [-0.15, -0.1) is 5.10 Å². The number of carbonyl (C=O) groups excluding carboxylic acids is 1. The molecule has 1 aromatic carbocycles. The predicted octanol–water partition coefficient (Wildman–Crippen LogP) is 1.57. The number of Topliss-reactive ketones (excluding diaryl/α,β-unsaturated/α-hetero) is 1. The van der Waals surface area contributed by atoms with Gasteiger partial charge in [0.1, 0.15) is 5.75 Å². The molecule has 0 saturated heterocycles. The van der Waals surface area contributed by atoms with Crippen molar-refractivity contribution in [1.29, 1.82) is 0 Å². The van der Waals surface area contributed by atoms with Crippen LogP contribution in [0.2, 0.25) is 0 Å². The van der Waals surface area contributed by atoms with Gasteiger partial charge in [0.2, 0.25) is 0 Å². The average Bonchev–Trinajstić information content (AvgIpc) is 2.85. The van der Waals surface area contributed by atoms with Crippen molar-refractivity contribution in [2.45, 2.75) is 18.6 Å². The van der Waals surface area contributed by atoms with Crippen LogP contribution in [0, 0.1) is 0 Å². The maximum Gasteiger partial charge on any atom is 0.343 e.